The molecule has 0 bridgehead atoms. The Morgan fingerprint density at radius 1 is 1.11 bits per heavy atom. The smallest absolute Gasteiger partial charge is 0.0888 e. The lowest BCUT2D eigenvalue weighted by Gasteiger charge is -1.99. The van der Waals surface area contributed by atoms with Crippen molar-refractivity contribution in [3.05, 3.63) is 25.3 Å². The third kappa shape index (κ3) is 7.36. The van der Waals surface area contributed by atoms with Crippen LogP contribution in [0.4, 0.5) is 0 Å². The van der Waals surface area contributed by atoms with Crippen LogP contribution in [0.5, 0.6) is 0 Å². The number of hydrogen-bond donors (Lipinski definition) is 1. The Bertz CT molecular complexity index is 73.1. The van der Waals surface area contributed by atoms with E-state index in [1.54, 1.807) is 12.2 Å². The molecule has 0 unspecified atom stereocenters. The quantitative estimate of drug-likeness (QED) is 0.327. The highest BCUT2D eigenvalue weighted by molar-refractivity contribution is 4.63. The van der Waals surface area contributed by atoms with E-state index in [0.717, 1.165) is 0 Å². The first-order valence-electron chi connectivity index (χ1n) is 2.62. The van der Waals surface area contributed by atoms with E-state index in [4.69, 9.17) is 0 Å². The summed E-state index contributed by atoms with van der Waals surface area (Å²) in [5.41, 5.74) is 2.24. The fourth-order valence-corrected chi connectivity index (χ4v) is 0.228. The zero-order valence-corrected chi connectivity index (χ0v) is 5.30. The lowest BCUT2D eigenvalue weighted by Crippen LogP contribution is -2.14. The SMILES string of the molecule is C=CCONOCC=C. The zero-order chi connectivity index (χ0) is 6.95. The summed E-state index contributed by atoms with van der Waals surface area (Å²) in [6, 6.07) is 0. The van der Waals surface area contributed by atoms with Gasteiger partial charge in [-0.2, -0.15) is 0 Å². The van der Waals surface area contributed by atoms with Crippen molar-refractivity contribution in [2.45, 2.75) is 0 Å². The van der Waals surface area contributed by atoms with Gasteiger partial charge in [-0.05, 0) is 0 Å². The van der Waals surface area contributed by atoms with Crippen molar-refractivity contribution < 1.29 is 9.68 Å². The highest BCUT2D eigenvalue weighted by atomic mass is 16.9. The van der Waals surface area contributed by atoms with E-state index in [9.17, 15) is 0 Å². The molecule has 9 heavy (non-hydrogen) atoms. The molecule has 0 amide bonds. The molecule has 0 aliphatic heterocycles. The first kappa shape index (κ1) is 8.36. The molecule has 0 aromatic rings. The number of hydrogen-bond acceptors (Lipinski definition) is 3. The fraction of sp³-hybridized carbons (Fsp3) is 0.333. The Hall–Kier alpha value is -0.640. The molecule has 0 saturated heterocycles. The highest BCUT2D eigenvalue weighted by Gasteiger charge is 1.77. The Morgan fingerprint density at radius 3 is 1.89 bits per heavy atom. The summed E-state index contributed by atoms with van der Waals surface area (Å²) in [6.07, 6.45) is 3.23. The number of rotatable bonds is 6. The molecule has 0 aromatic carbocycles. The van der Waals surface area contributed by atoms with E-state index in [1.165, 1.54) is 0 Å². The van der Waals surface area contributed by atoms with E-state index < -0.39 is 0 Å². The van der Waals surface area contributed by atoms with Crippen molar-refractivity contribution in [3.8, 4) is 0 Å². The van der Waals surface area contributed by atoms with Crippen molar-refractivity contribution in [1.29, 1.82) is 0 Å². The third-order valence-corrected chi connectivity index (χ3v) is 0.520. The summed E-state index contributed by atoms with van der Waals surface area (Å²) in [4.78, 5) is 9.29. The van der Waals surface area contributed by atoms with E-state index in [-0.39, 0.29) is 0 Å². The van der Waals surface area contributed by atoms with Gasteiger partial charge in [0.25, 0.3) is 0 Å². The van der Waals surface area contributed by atoms with Gasteiger partial charge in [-0.1, -0.05) is 17.8 Å². The molecule has 3 nitrogen and oxygen atoms in total. The molecule has 0 rings (SSSR count). The third-order valence-electron chi connectivity index (χ3n) is 0.520. The molecule has 0 atom stereocenters. The monoisotopic (exact) mass is 129 g/mol. The van der Waals surface area contributed by atoms with Crippen molar-refractivity contribution >= 4 is 0 Å². The van der Waals surface area contributed by atoms with Crippen LogP contribution >= 0.6 is 0 Å². The molecule has 0 fully saturated rings. The summed E-state index contributed by atoms with van der Waals surface area (Å²) in [5, 5.41) is 0. The van der Waals surface area contributed by atoms with Crippen LogP contribution in [0.25, 0.3) is 0 Å². The molecular formula is C6H11NO2. The number of nitrogens with one attached hydrogen (secondary N) is 1. The molecule has 0 aliphatic carbocycles. The van der Waals surface area contributed by atoms with E-state index in [2.05, 4.69) is 28.5 Å². The first-order valence-corrected chi connectivity index (χ1v) is 2.62. The van der Waals surface area contributed by atoms with E-state index in [1.807, 2.05) is 0 Å². The Kier molecular flexibility index (Phi) is 6.84. The molecule has 0 aromatic heterocycles. The maximum absolute atomic E-state index is 4.65. The van der Waals surface area contributed by atoms with Gasteiger partial charge in [0.05, 0.1) is 13.2 Å². The average molecular weight is 129 g/mol. The van der Waals surface area contributed by atoms with Crippen LogP contribution in [0.2, 0.25) is 0 Å². The van der Waals surface area contributed by atoms with Crippen LogP contribution < -0.4 is 5.64 Å². The van der Waals surface area contributed by atoms with Gasteiger partial charge in [0.1, 0.15) is 0 Å². The minimum atomic E-state index is 0.428. The molecule has 0 spiro atoms. The molecule has 1 N–H and O–H groups in total. The Balaban J connectivity index is 2.74. The van der Waals surface area contributed by atoms with Crippen LogP contribution in [-0.4, -0.2) is 13.2 Å². The lowest BCUT2D eigenvalue weighted by atomic mass is 10.7. The summed E-state index contributed by atoms with van der Waals surface area (Å²) in [6.45, 7) is 7.73. The molecule has 3 heteroatoms. The summed E-state index contributed by atoms with van der Waals surface area (Å²) < 4.78 is 0. The molecule has 0 heterocycles. The predicted octanol–water partition coefficient (Wildman–Crippen LogP) is 0.811. The summed E-state index contributed by atoms with van der Waals surface area (Å²) in [5.74, 6) is 0. The average Bonchev–Trinajstić information content (AvgIpc) is 1.89. The van der Waals surface area contributed by atoms with Gasteiger partial charge in [0, 0.05) is 0 Å². The lowest BCUT2D eigenvalue weighted by molar-refractivity contribution is -0.154. The minimum Gasteiger partial charge on any atom is -0.273 e. The van der Waals surface area contributed by atoms with Crippen molar-refractivity contribution in [2.24, 2.45) is 0 Å². The van der Waals surface area contributed by atoms with Crippen molar-refractivity contribution in [1.82, 2.24) is 5.64 Å². The molecule has 0 radical (unpaired) electrons. The van der Waals surface area contributed by atoms with Gasteiger partial charge in [-0.15, -0.1) is 13.2 Å². The second-order valence-electron chi connectivity index (χ2n) is 1.28. The largest absolute Gasteiger partial charge is 0.273 e. The van der Waals surface area contributed by atoms with Crippen molar-refractivity contribution in [2.75, 3.05) is 13.2 Å². The maximum Gasteiger partial charge on any atom is 0.0888 e. The second kappa shape index (κ2) is 7.36. The topological polar surface area (TPSA) is 30.5 Å². The zero-order valence-electron chi connectivity index (χ0n) is 5.30. The molecular weight excluding hydrogens is 118 g/mol. The highest BCUT2D eigenvalue weighted by Crippen LogP contribution is 1.70. The Labute approximate surface area is 54.9 Å². The van der Waals surface area contributed by atoms with E-state index in [0.29, 0.717) is 13.2 Å². The predicted molar refractivity (Wildman–Crippen MR) is 35.4 cm³/mol. The van der Waals surface area contributed by atoms with Gasteiger partial charge in [-0.25, -0.2) is 0 Å². The van der Waals surface area contributed by atoms with Gasteiger partial charge in [0.2, 0.25) is 0 Å². The molecule has 52 valence electrons. The summed E-state index contributed by atoms with van der Waals surface area (Å²) in [7, 11) is 0. The van der Waals surface area contributed by atoms with Crippen LogP contribution in [-0.2, 0) is 9.68 Å². The fourth-order valence-electron chi connectivity index (χ4n) is 0.228. The van der Waals surface area contributed by atoms with Crippen molar-refractivity contribution in [3.63, 3.8) is 0 Å². The van der Waals surface area contributed by atoms with Crippen LogP contribution in [0.15, 0.2) is 25.3 Å². The summed E-state index contributed by atoms with van der Waals surface area (Å²) >= 11 is 0. The van der Waals surface area contributed by atoms with Crippen LogP contribution in [0.1, 0.15) is 0 Å². The second-order valence-corrected chi connectivity index (χ2v) is 1.28. The standard InChI is InChI=1S/C6H11NO2/c1-3-5-8-7-9-6-4-2/h3-4,7H,1-2,5-6H2. The molecule has 0 aliphatic rings. The first-order chi connectivity index (χ1) is 4.41. The van der Waals surface area contributed by atoms with Gasteiger partial charge in [0.15, 0.2) is 0 Å². The normalized spacial score (nSPS) is 8.89. The maximum atomic E-state index is 4.65. The van der Waals surface area contributed by atoms with E-state index >= 15 is 0 Å². The van der Waals surface area contributed by atoms with Gasteiger partial charge in [-0.3, -0.25) is 9.68 Å². The Morgan fingerprint density at radius 2 is 1.56 bits per heavy atom. The minimum absolute atomic E-state index is 0.428. The van der Waals surface area contributed by atoms with Gasteiger partial charge < -0.3 is 0 Å². The van der Waals surface area contributed by atoms with Crippen LogP contribution in [0, 0.1) is 0 Å². The van der Waals surface area contributed by atoms with Gasteiger partial charge >= 0.3 is 0 Å². The molecule has 0 saturated carbocycles. The van der Waals surface area contributed by atoms with Crippen LogP contribution in [0.3, 0.4) is 0 Å².